The summed E-state index contributed by atoms with van der Waals surface area (Å²) in [5.74, 6) is 0. The Morgan fingerprint density at radius 1 is 1.40 bits per heavy atom. The van der Waals surface area contributed by atoms with Gasteiger partial charge in [-0.2, -0.15) is 0 Å². The number of carbonyl (C=O) groups is 1. The molecule has 0 atom stereocenters. The van der Waals surface area contributed by atoms with Crippen LogP contribution in [0.1, 0.15) is 18.9 Å². The van der Waals surface area contributed by atoms with Crippen molar-refractivity contribution in [2.75, 3.05) is 6.61 Å². The Morgan fingerprint density at radius 3 is 2.33 bits per heavy atom. The summed E-state index contributed by atoms with van der Waals surface area (Å²) in [5.41, 5.74) is 5.72. The first-order valence-electron chi connectivity index (χ1n) is 4.77. The van der Waals surface area contributed by atoms with Crippen LogP contribution >= 0.6 is 0 Å². The summed E-state index contributed by atoms with van der Waals surface area (Å²) >= 11 is 0. The fourth-order valence-corrected chi connectivity index (χ4v) is 0.729. The zero-order valence-corrected chi connectivity index (χ0v) is 8.85. The molecule has 3 N–H and O–H groups in total. The predicted octanol–water partition coefficient (Wildman–Crippen LogP) is 1.67. The van der Waals surface area contributed by atoms with Crippen LogP contribution in [0.3, 0.4) is 0 Å². The minimum absolute atomic E-state index is 0.246. The maximum atomic E-state index is 10.2. The molecule has 4 heteroatoms. The van der Waals surface area contributed by atoms with Crippen LogP contribution in [-0.4, -0.2) is 17.8 Å². The van der Waals surface area contributed by atoms with Crippen molar-refractivity contribution in [3.8, 4) is 0 Å². The fraction of sp³-hybridized carbons (Fsp3) is 0.364. The van der Waals surface area contributed by atoms with Gasteiger partial charge in [0.2, 0.25) is 0 Å². The first-order chi connectivity index (χ1) is 7.20. The van der Waals surface area contributed by atoms with Gasteiger partial charge in [0.05, 0.1) is 0 Å². The molecule has 0 spiro atoms. The monoisotopic (exact) mass is 211 g/mol. The highest BCUT2D eigenvalue weighted by molar-refractivity contribution is 5.64. The van der Waals surface area contributed by atoms with Crippen molar-refractivity contribution in [2.24, 2.45) is 5.73 Å². The van der Waals surface area contributed by atoms with Gasteiger partial charge in [-0.1, -0.05) is 37.3 Å². The van der Waals surface area contributed by atoms with Gasteiger partial charge in [0.1, 0.15) is 6.61 Å². The Bertz CT molecular complexity index is 260. The molecule has 1 aromatic carbocycles. The minimum Gasteiger partial charge on any atom is -0.445 e. The smallest absolute Gasteiger partial charge is 0.404 e. The molecule has 0 aliphatic heterocycles. The Kier molecular flexibility index (Phi) is 8.09. The SMILES string of the molecule is CCCO.NC(=O)OCc1ccccc1. The molecule has 0 radical (unpaired) electrons. The first kappa shape index (κ1) is 13.4. The summed E-state index contributed by atoms with van der Waals surface area (Å²) in [4.78, 5) is 10.2. The van der Waals surface area contributed by atoms with Crippen molar-refractivity contribution < 1.29 is 14.6 Å². The summed E-state index contributed by atoms with van der Waals surface area (Å²) in [7, 11) is 0. The van der Waals surface area contributed by atoms with E-state index in [4.69, 9.17) is 10.8 Å². The average Bonchev–Trinajstić information content (AvgIpc) is 2.28. The van der Waals surface area contributed by atoms with E-state index >= 15 is 0 Å². The molecular weight excluding hydrogens is 194 g/mol. The Labute approximate surface area is 89.7 Å². The van der Waals surface area contributed by atoms with Gasteiger partial charge in [-0.15, -0.1) is 0 Å². The second-order valence-electron chi connectivity index (χ2n) is 2.82. The molecule has 0 unspecified atom stereocenters. The normalized spacial score (nSPS) is 8.67. The molecule has 0 fully saturated rings. The van der Waals surface area contributed by atoms with E-state index in [1.807, 2.05) is 37.3 Å². The van der Waals surface area contributed by atoms with Gasteiger partial charge in [-0.3, -0.25) is 0 Å². The van der Waals surface area contributed by atoms with Crippen molar-refractivity contribution in [1.29, 1.82) is 0 Å². The van der Waals surface area contributed by atoms with Gasteiger partial charge in [-0.25, -0.2) is 4.79 Å². The lowest BCUT2D eigenvalue weighted by Gasteiger charge is -1.99. The lowest BCUT2D eigenvalue weighted by molar-refractivity contribution is 0.150. The molecule has 4 nitrogen and oxygen atoms in total. The van der Waals surface area contributed by atoms with E-state index in [1.54, 1.807) is 0 Å². The zero-order chi connectivity index (χ0) is 11.5. The zero-order valence-electron chi connectivity index (χ0n) is 8.85. The molecule has 1 amide bonds. The van der Waals surface area contributed by atoms with E-state index in [0.717, 1.165) is 12.0 Å². The van der Waals surface area contributed by atoms with Crippen LogP contribution in [0.4, 0.5) is 4.79 Å². The number of carbonyl (C=O) groups excluding carboxylic acids is 1. The van der Waals surface area contributed by atoms with Crippen LogP contribution in [0, 0.1) is 0 Å². The number of nitrogens with two attached hydrogens (primary N) is 1. The van der Waals surface area contributed by atoms with E-state index < -0.39 is 6.09 Å². The second kappa shape index (κ2) is 9.02. The number of benzene rings is 1. The summed E-state index contributed by atoms with van der Waals surface area (Å²) in [5, 5.41) is 7.88. The third-order valence-corrected chi connectivity index (χ3v) is 1.45. The summed E-state index contributed by atoms with van der Waals surface area (Å²) in [6.45, 7) is 2.50. The molecule has 0 bridgehead atoms. The van der Waals surface area contributed by atoms with E-state index in [1.165, 1.54) is 0 Å². The van der Waals surface area contributed by atoms with Gasteiger partial charge in [-0.05, 0) is 12.0 Å². The van der Waals surface area contributed by atoms with Crippen LogP contribution in [0.5, 0.6) is 0 Å². The standard InChI is InChI=1S/C8H9NO2.C3H8O/c9-8(10)11-6-7-4-2-1-3-5-7;1-2-3-4/h1-5H,6H2,(H2,9,10);4H,2-3H2,1H3. The molecule has 84 valence electrons. The molecular formula is C11H17NO3. The number of ether oxygens (including phenoxy) is 1. The highest BCUT2D eigenvalue weighted by atomic mass is 16.5. The quantitative estimate of drug-likeness (QED) is 0.798. The summed E-state index contributed by atoms with van der Waals surface area (Å²) in [6, 6.07) is 9.37. The molecule has 1 aromatic rings. The number of hydrogen-bond donors (Lipinski definition) is 2. The number of aliphatic hydroxyl groups is 1. The molecule has 0 saturated carbocycles. The van der Waals surface area contributed by atoms with Gasteiger partial charge in [0.15, 0.2) is 0 Å². The lowest BCUT2D eigenvalue weighted by Crippen LogP contribution is -2.12. The average molecular weight is 211 g/mol. The highest BCUT2D eigenvalue weighted by Gasteiger charge is 1.93. The van der Waals surface area contributed by atoms with Crippen LogP contribution < -0.4 is 5.73 Å². The van der Waals surface area contributed by atoms with Crippen LogP contribution in [0.2, 0.25) is 0 Å². The van der Waals surface area contributed by atoms with Gasteiger partial charge < -0.3 is 15.6 Å². The summed E-state index contributed by atoms with van der Waals surface area (Å²) < 4.78 is 4.57. The topological polar surface area (TPSA) is 72.5 Å². The predicted molar refractivity (Wildman–Crippen MR) is 58.2 cm³/mol. The largest absolute Gasteiger partial charge is 0.445 e. The molecule has 15 heavy (non-hydrogen) atoms. The van der Waals surface area contributed by atoms with Crippen molar-refractivity contribution in [1.82, 2.24) is 0 Å². The van der Waals surface area contributed by atoms with E-state index in [9.17, 15) is 4.79 Å². The maximum absolute atomic E-state index is 10.2. The molecule has 0 saturated heterocycles. The third kappa shape index (κ3) is 8.77. The Morgan fingerprint density at radius 2 is 1.93 bits per heavy atom. The van der Waals surface area contributed by atoms with E-state index in [2.05, 4.69) is 4.74 Å². The van der Waals surface area contributed by atoms with E-state index in [-0.39, 0.29) is 6.61 Å². The van der Waals surface area contributed by atoms with Crippen LogP contribution in [-0.2, 0) is 11.3 Å². The molecule has 0 aliphatic carbocycles. The fourth-order valence-electron chi connectivity index (χ4n) is 0.729. The van der Waals surface area contributed by atoms with Gasteiger partial charge in [0.25, 0.3) is 0 Å². The number of primary amides is 1. The Hall–Kier alpha value is -1.55. The second-order valence-corrected chi connectivity index (χ2v) is 2.82. The number of aliphatic hydroxyl groups excluding tert-OH is 1. The third-order valence-electron chi connectivity index (χ3n) is 1.45. The van der Waals surface area contributed by atoms with E-state index in [0.29, 0.717) is 6.61 Å². The number of amides is 1. The number of rotatable bonds is 3. The maximum Gasteiger partial charge on any atom is 0.404 e. The van der Waals surface area contributed by atoms with Crippen LogP contribution in [0.25, 0.3) is 0 Å². The summed E-state index contributed by atoms with van der Waals surface area (Å²) in [6.07, 6.45) is 0.133. The molecule has 0 aromatic heterocycles. The van der Waals surface area contributed by atoms with Crippen molar-refractivity contribution >= 4 is 6.09 Å². The molecule has 1 rings (SSSR count). The minimum atomic E-state index is -0.742. The van der Waals surface area contributed by atoms with Crippen molar-refractivity contribution in [3.05, 3.63) is 35.9 Å². The Balaban J connectivity index is 0.000000423. The van der Waals surface area contributed by atoms with Gasteiger partial charge in [0, 0.05) is 6.61 Å². The number of hydrogen-bond acceptors (Lipinski definition) is 3. The van der Waals surface area contributed by atoms with Crippen molar-refractivity contribution in [2.45, 2.75) is 20.0 Å². The lowest BCUT2D eigenvalue weighted by atomic mass is 10.2. The first-order valence-corrected chi connectivity index (χ1v) is 4.77. The molecule has 0 heterocycles. The van der Waals surface area contributed by atoms with Crippen molar-refractivity contribution in [3.63, 3.8) is 0 Å². The highest BCUT2D eigenvalue weighted by Crippen LogP contribution is 1.99. The molecule has 0 aliphatic rings. The van der Waals surface area contributed by atoms with Gasteiger partial charge >= 0.3 is 6.09 Å². The van der Waals surface area contributed by atoms with Crippen LogP contribution in [0.15, 0.2) is 30.3 Å².